The molecular weight excluding hydrogens is 254 g/mol. The molecule has 0 aliphatic carbocycles. The van der Waals surface area contributed by atoms with Crippen molar-refractivity contribution in [1.29, 1.82) is 0 Å². The second-order valence-electron chi connectivity index (χ2n) is 4.20. The molecule has 2 unspecified atom stereocenters. The normalized spacial score (nSPS) is 14.0. The zero-order chi connectivity index (χ0) is 13.7. The second kappa shape index (κ2) is 6.61. The number of nitrogens with two attached hydrogens (primary N) is 1. The standard InChI is InChI=1S/C13H18ClNO3/c1-3-10(15)7-9-5-4-6-11(14)12(9)18-8(2)13(16)17/h4-6,8,10H,3,7,15H2,1-2H3,(H,16,17). The van der Waals surface area contributed by atoms with Crippen LogP contribution < -0.4 is 10.5 Å². The van der Waals surface area contributed by atoms with E-state index >= 15 is 0 Å². The number of ether oxygens (including phenoxy) is 1. The third-order valence-electron chi connectivity index (χ3n) is 2.70. The van der Waals surface area contributed by atoms with Crippen LogP contribution in [0.2, 0.25) is 5.02 Å². The fourth-order valence-corrected chi connectivity index (χ4v) is 1.74. The highest BCUT2D eigenvalue weighted by molar-refractivity contribution is 6.32. The molecule has 1 rings (SSSR count). The lowest BCUT2D eigenvalue weighted by Crippen LogP contribution is -2.25. The van der Waals surface area contributed by atoms with Gasteiger partial charge in [-0.15, -0.1) is 0 Å². The van der Waals surface area contributed by atoms with Crippen molar-refractivity contribution in [3.8, 4) is 5.75 Å². The number of para-hydroxylation sites is 1. The highest BCUT2D eigenvalue weighted by Crippen LogP contribution is 2.30. The van der Waals surface area contributed by atoms with Gasteiger partial charge < -0.3 is 15.6 Å². The van der Waals surface area contributed by atoms with Gasteiger partial charge in [0.15, 0.2) is 6.10 Å². The maximum absolute atomic E-state index is 10.8. The van der Waals surface area contributed by atoms with Crippen molar-refractivity contribution in [3.05, 3.63) is 28.8 Å². The molecule has 0 spiro atoms. The third-order valence-corrected chi connectivity index (χ3v) is 3.00. The van der Waals surface area contributed by atoms with Gasteiger partial charge in [0.1, 0.15) is 5.75 Å². The van der Waals surface area contributed by atoms with Crippen LogP contribution in [0.25, 0.3) is 0 Å². The Morgan fingerprint density at radius 3 is 2.78 bits per heavy atom. The number of aliphatic carboxylic acids is 1. The number of carbonyl (C=O) groups is 1. The predicted octanol–water partition coefficient (Wildman–Crippen LogP) is 2.47. The van der Waals surface area contributed by atoms with E-state index in [-0.39, 0.29) is 6.04 Å². The van der Waals surface area contributed by atoms with E-state index in [4.69, 9.17) is 27.2 Å². The third kappa shape index (κ3) is 3.89. The van der Waals surface area contributed by atoms with Gasteiger partial charge in [-0.2, -0.15) is 0 Å². The van der Waals surface area contributed by atoms with Crippen molar-refractivity contribution in [2.24, 2.45) is 5.73 Å². The summed E-state index contributed by atoms with van der Waals surface area (Å²) in [6.45, 7) is 3.46. The summed E-state index contributed by atoms with van der Waals surface area (Å²) in [5.41, 5.74) is 6.74. The van der Waals surface area contributed by atoms with Crippen molar-refractivity contribution in [2.45, 2.75) is 38.8 Å². The van der Waals surface area contributed by atoms with Crippen molar-refractivity contribution in [2.75, 3.05) is 0 Å². The summed E-state index contributed by atoms with van der Waals surface area (Å²) in [5, 5.41) is 9.27. The van der Waals surface area contributed by atoms with Gasteiger partial charge in [-0.3, -0.25) is 0 Å². The van der Waals surface area contributed by atoms with Crippen LogP contribution in [0.15, 0.2) is 18.2 Å². The van der Waals surface area contributed by atoms with Gasteiger partial charge in [-0.05, 0) is 31.4 Å². The van der Waals surface area contributed by atoms with Crippen molar-refractivity contribution in [1.82, 2.24) is 0 Å². The molecular formula is C13H18ClNO3. The zero-order valence-corrected chi connectivity index (χ0v) is 11.3. The second-order valence-corrected chi connectivity index (χ2v) is 4.61. The Bertz CT molecular complexity index is 423. The Labute approximate surface area is 112 Å². The van der Waals surface area contributed by atoms with E-state index in [9.17, 15) is 4.79 Å². The van der Waals surface area contributed by atoms with E-state index in [0.717, 1.165) is 12.0 Å². The van der Waals surface area contributed by atoms with E-state index in [1.807, 2.05) is 13.0 Å². The van der Waals surface area contributed by atoms with E-state index in [1.165, 1.54) is 6.92 Å². The number of hydrogen-bond donors (Lipinski definition) is 2. The molecule has 4 nitrogen and oxygen atoms in total. The number of carboxylic acid groups (broad SMARTS) is 1. The van der Waals surface area contributed by atoms with Gasteiger partial charge in [0, 0.05) is 6.04 Å². The first kappa shape index (κ1) is 14.8. The molecule has 0 aliphatic rings. The molecule has 0 radical (unpaired) electrons. The molecule has 0 bridgehead atoms. The molecule has 100 valence electrons. The van der Waals surface area contributed by atoms with Crippen molar-refractivity contribution < 1.29 is 14.6 Å². The number of hydrogen-bond acceptors (Lipinski definition) is 3. The van der Waals surface area contributed by atoms with Crippen LogP contribution in [-0.4, -0.2) is 23.2 Å². The van der Waals surface area contributed by atoms with Crippen LogP contribution in [0.4, 0.5) is 0 Å². The Morgan fingerprint density at radius 1 is 1.56 bits per heavy atom. The lowest BCUT2D eigenvalue weighted by Gasteiger charge is -2.17. The van der Waals surface area contributed by atoms with Crippen LogP contribution in [0.1, 0.15) is 25.8 Å². The van der Waals surface area contributed by atoms with Gasteiger partial charge in [0.05, 0.1) is 5.02 Å². The van der Waals surface area contributed by atoms with Crippen LogP contribution in [-0.2, 0) is 11.2 Å². The van der Waals surface area contributed by atoms with Crippen molar-refractivity contribution >= 4 is 17.6 Å². The lowest BCUT2D eigenvalue weighted by molar-refractivity contribution is -0.144. The van der Waals surface area contributed by atoms with Gasteiger partial charge >= 0.3 is 5.97 Å². The van der Waals surface area contributed by atoms with Crippen LogP contribution in [0.5, 0.6) is 5.75 Å². The molecule has 1 aromatic carbocycles. The van der Waals surface area contributed by atoms with E-state index in [0.29, 0.717) is 17.2 Å². The smallest absolute Gasteiger partial charge is 0.344 e. The molecule has 0 aromatic heterocycles. The summed E-state index contributed by atoms with van der Waals surface area (Å²) in [7, 11) is 0. The average Bonchev–Trinajstić information content (AvgIpc) is 2.32. The monoisotopic (exact) mass is 271 g/mol. The minimum absolute atomic E-state index is 0.00551. The van der Waals surface area contributed by atoms with Gasteiger partial charge in [-0.25, -0.2) is 4.79 Å². The van der Waals surface area contributed by atoms with Gasteiger partial charge in [-0.1, -0.05) is 30.7 Å². The molecule has 0 heterocycles. The van der Waals surface area contributed by atoms with Crippen LogP contribution >= 0.6 is 11.6 Å². The molecule has 0 saturated heterocycles. The fraction of sp³-hybridized carbons (Fsp3) is 0.462. The zero-order valence-electron chi connectivity index (χ0n) is 10.5. The SMILES string of the molecule is CCC(N)Cc1cccc(Cl)c1OC(C)C(=O)O. The fourth-order valence-electron chi connectivity index (χ4n) is 1.50. The molecule has 5 heteroatoms. The number of carboxylic acids is 1. The van der Waals surface area contributed by atoms with Crippen LogP contribution in [0, 0.1) is 0 Å². The van der Waals surface area contributed by atoms with E-state index in [2.05, 4.69) is 0 Å². The highest BCUT2D eigenvalue weighted by atomic mass is 35.5. The van der Waals surface area contributed by atoms with Crippen molar-refractivity contribution in [3.63, 3.8) is 0 Å². The number of rotatable bonds is 6. The van der Waals surface area contributed by atoms with Gasteiger partial charge in [0.2, 0.25) is 0 Å². The van der Waals surface area contributed by atoms with E-state index in [1.54, 1.807) is 12.1 Å². The van der Waals surface area contributed by atoms with E-state index < -0.39 is 12.1 Å². The molecule has 18 heavy (non-hydrogen) atoms. The maximum atomic E-state index is 10.8. The lowest BCUT2D eigenvalue weighted by atomic mass is 10.0. The molecule has 1 aromatic rings. The Hall–Kier alpha value is -1.26. The summed E-state index contributed by atoms with van der Waals surface area (Å²) in [4.78, 5) is 10.8. The molecule has 0 aliphatic heterocycles. The highest BCUT2D eigenvalue weighted by Gasteiger charge is 2.18. The summed E-state index contributed by atoms with van der Waals surface area (Å²) < 4.78 is 5.40. The largest absolute Gasteiger partial charge is 0.479 e. The minimum Gasteiger partial charge on any atom is -0.479 e. The first-order chi connectivity index (χ1) is 8.45. The maximum Gasteiger partial charge on any atom is 0.344 e. The predicted molar refractivity (Wildman–Crippen MR) is 71.1 cm³/mol. The first-order valence-corrected chi connectivity index (χ1v) is 6.26. The Balaban J connectivity index is 2.97. The summed E-state index contributed by atoms with van der Waals surface area (Å²) >= 11 is 6.05. The molecule has 0 fully saturated rings. The molecule has 0 saturated carbocycles. The summed E-state index contributed by atoms with van der Waals surface area (Å²) in [5.74, 6) is -0.612. The molecule has 2 atom stereocenters. The van der Waals surface area contributed by atoms with Gasteiger partial charge in [0.25, 0.3) is 0 Å². The van der Waals surface area contributed by atoms with Crippen LogP contribution in [0.3, 0.4) is 0 Å². The quantitative estimate of drug-likeness (QED) is 0.834. The number of benzene rings is 1. The average molecular weight is 272 g/mol. The summed E-state index contributed by atoms with van der Waals surface area (Å²) in [6, 6.07) is 5.33. The number of halogens is 1. The first-order valence-electron chi connectivity index (χ1n) is 5.88. The Kier molecular flexibility index (Phi) is 5.44. The molecule has 0 amide bonds. The Morgan fingerprint density at radius 2 is 2.22 bits per heavy atom. The molecule has 3 N–H and O–H groups in total. The minimum atomic E-state index is -1.03. The topological polar surface area (TPSA) is 72.5 Å². The summed E-state index contributed by atoms with van der Waals surface area (Å²) in [6.07, 6.45) is 0.501.